The van der Waals surface area contributed by atoms with E-state index in [0.29, 0.717) is 18.6 Å². The van der Waals surface area contributed by atoms with Crippen LogP contribution in [0.5, 0.6) is 11.5 Å². The number of ether oxygens (including phenoxy) is 3. The van der Waals surface area contributed by atoms with Gasteiger partial charge in [0.05, 0.1) is 17.1 Å². The topological polar surface area (TPSA) is 105 Å². The van der Waals surface area contributed by atoms with E-state index in [2.05, 4.69) is 0 Å². The maximum absolute atomic E-state index is 12.3. The summed E-state index contributed by atoms with van der Waals surface area (Å²) in [4.78, 5) is 35.0. The quantitative estimate of drug-likeness (QED) is 0.144. The maximum Gasteiger partial charge on any atom is 0.352 e. The molecule has 0 aliphatic heterocycles. The molecule has 0 spiro atoms. The third-order valence-corrected chi connectivity index (χ3v) is 4.69. The largest absolute Gasteiger partial charge is 0.472 e. The molecular weight excluding hydrogens is 426 g/mol. The van der Waals surface area contributed by atoms with Gasteiger partial charge in [0.25, 0.3) is 0 Å². The number of aryl methyl sites for hydroxylation is 1. The molecule has 0 amide bonds. The van der Waals surface area contributed by atoms with E-state index < -0.39 is 23.0 Å². The van der Waals surface area contributed by atoms with Crippen molar-refractivity contribution in [2.24, 2.45) is 0 Å². The van der Waals surface area contributed by atoms with Crippen LogP contribution in [-0.4, -0.2) is 29.6 Å². The van der Waals surface area contributed by atoms with Crippen molar-refractivity contribution < 1.29 is 28.7 Å². The summed E-state index contributed by atoms with van der Waals surface area (Å²) in [5.74, 6) is -1.02. The van der Waals surface area contributed by atoms with E-state index in [1.165, 1.54) is 55.0 Å². The fourth-order valence-electron chi connectivity index (χ4n) is 2.97. The summed E-state index contributed by atoms with van der Waals surface area (Å²) in [6, 6.07) is 21.6. The molecule has 170 valence electrons. The zero-order valence-corrected chi connectivity index (χ0v) is 18.0. The number of esters is 2. The predicted molar refractivity (Wildman–Crippen MR) is 120 cm³/mol. The Kier molecular flexibility index (Phi) is 8.13. The first-order valence-corrected chi connectivity index (χ1v) is 10.4. The van der Waals surface area contributed by atoms with Crippen molar-refractivity contribution in [1.82, 2.24) is 0 Å². The molecule has 1 atom stereocenters. The third kappa shape index (κ3) is 6.90. The molecule has 0 bridgehead atoms. The van der Waals surface area contributed by atoms with E-state index in [1.807, 2.05) is 30.3 Å². The highest BCUT2D eigenvalue weighted by Gasteiger charge is 2.22. The van der Waals surface area contributed by atoms with Crippen molar-refractivity contribution in [2.75, 3.05) is 6.61 Å². The van der Waals surface area contributed by atoms with Crippen LogP contribution in [0.3, 0.4) is 0 Å². The standard InChI is InChI=1S/C25H23NO7/c1-18(32-23-12-6-5-11-22(23)26(29)30)24(27)33-21-15-13-20(14-16-21)25(28)31-17-7-10-19-8-3-2-4-9-19/h2-6,8-9,11-16,18H,7,10,17H2,1H3. The number of nitro groups is 1. The van der Waals surface area contributed by atoms with E-state index in [-0.39, 0.29) is 17.2 Å². The van der Waals surface area contributed by atoms with E-state index in [0.717, 1.165) is 6.42 Å². The number of nitro benzene ring substituents is 1. The zero-order valence-electron chi connectivity index (χ0n) is 18.0. The third-order valence-electron chi connectivity index (χ3n) is 4.69. The van der Waals surface area contributed by atoms with Gasteiger partial charge >= 0.3 is 17.6 Å². The van der Waals surface area contributed by atoms with Crippen LogP contribution in [0.25, 0.3) is 0 Å². The molecule has 3 aromatic rings. The lowest BCUT2D eigenvalue weighted by atomic mass is 10.1. The number of carbonyl (C=O) groups excluding carboxylic acids is 2. The van der Waals surface area contributed by atoms with Crippen LogP contribution < -0.4 is 9.47 Å². The van der Waals surface area contributed by atoms with Gasteiger partial charge in [-0.25, -0.2) is 9.59 Å². The Labute approximate surface area is 190 Å². The first-order valence-electron chi connectivity index (χ1n) is 10.4. The van der Waals surface area contributed by atoms with E-state index in [1.54, 1.807) is 6.07 Å². The van der Waals surface area contributed by atoms with Crippen LogP contribution >= 0.6 is 0 Å². The predicted octanol–water partition coefficient (Wildman–Crippen LogP) is 4.76. The van der Waals surface area contributed by atoms with Gasteiger partial charge < -0.3 is 14.2 Å². The first-order chi connectivity index (χ1) is 15.9. The molecule has 0 saturated heterocycles. The average molecular weight is 449 g/mol. The molecule has 8 nitrogen and oxygen atoms in total. The highest BCUT2D eigenvalue weighted by atomic mass is 16.6. The molecule has 0 saturated carbocycles. The summed E-state index contributed by atoms with van der Waals surface area (Å²) in [6.45, 7) is 1.73. The average Bonchev–Trinajstić information content (AvgIpc) is 2.83. The molecule has 33 heavy (non-hydrogen) atoms. The highest BCUT2D eigenvalue weighted by molar-refractivity contribution is 5.89. The molecule has 0 aromatic heterocycles. The molecule has 0 N–H and O–H groups in total. The van der Waals surface area contributed by atoms with Gasteiger partial charge in [0, 0.05) is 6.07 Å². The Morgan fingerprint density at radius 3 is 2.30 bits per heavy atom. The van der Waals surface area contributed by atoms with Crippen LogP contribution in [0.1, 0.15) is 29.3 Å². The lowest BCUT2D eigenvalue weighted by Gasteiger charge is -2.14. The van der Waals surface area contributed by atoms with Crippen molar-refractivity contribution in [3.63, 3.8) is 0 Å². The lowest BCUT2D eigenvalue weighted by molar-refractivity contribution is -0.386. The normalized spacial score (nSPS) is 11.3. The summed E-state index contributed by atoms with van der Waals surface area (Å²) in [7, 11) is 0. The van der Waals surface area contributed by atoms with Crippen LogP contribution in [0.15, 0.2) is 78.9 Å². The van der Waals surface area contributed by atoms with Gasteiger partial charge in [0.2, 0.25) is 0 Å². The minimum Gasteiger partial charge on any atom is -0.472 e. The van der Waals surface area contributed by atoms with E-state index in [4.69, 9.17) is 14.2 Å². The molecule has 3 aromatic carbocycles. The van der Waals surface area contributed by atoms with Gasteiger partial charge in [0.15, 0.2) is 11.9 Å². The molecular formula is C25H23NO7. The summed E-state index contributed by atoms with van der Waals surface area (Å²) < 4.78 is 15.9. The van der Waals surface area contributed by atoms with Crippen molar-refractivity contribution in [3.8, 4) is 11.5 Å². The smallest absolute Gasteiger partial charge is 0.352 e. The van der Waals surface area contributed by atoms with Gasteiger partial charge in [-0.15, -0.1) is 0 Å². The summed E-state index contributed by atoms with van der Waals surface area (Å²) in [5.41, 5.74) is 1.27. The van der Waals surface area contributed by atoms with Crippen LogP contribution in [0.2, 0.25) is 0 Å². The van der Waals surface area contributed by atoms with Crippen LogP contribution in [-0.2, 0) is 16.0 Å². The number of benzene rings is 3. The number of nitrogens with zero attached hydrogens (tertiary/aromatic N) is 1. The monoisotopic (exact) mass is 449 g/mol. The van der Waals surface area contributed by atoms with E-state index >= 15 is 0 Å². The van der Waals surface area contributed by atoms with Gasteiger partial charge in [-0.05, 0) is 55.7 Å². The van der Waals surface area contributed by atoms with Crippen LogP contribution in [0, 0.1) is 10.1 Å². The molecule has 0 radical (unpaired) electrons. The fraction of sp³-hybridized carbons (Fsp3) is 0.200. The Balaban J connectivity index is 1.47. The minimum absolute atomic E-state index is 0.0303. The number of para-hydroxylation sites is 2. The number of carbonyl (C=O) groups is 2. The molecule has 3 rings (SSSR count). The molecule has 0 aliphatic rings. The SMILES string of the molecule is CC(Oc1ccccc1[N+](=O)[O-])C(=O)Oc1ccc(C(=O)OCCCc2ccccc2)cc1. The molecule has 8 heteroatoms. The summed E-state index contributed by atoms with van der Waals surface area (Å²) in [5, 5.41) is 11.1. The Morgan fingerprint density at radius 1 is 0.939 bits per heavy atom. The van der Waals surface area contributed by atoms with Gasteiger partial charge in [0.1, 0.15) is 5.75 Å². The van der Waals surface area contributed by atoms with Crippen LogP contribution in [0.4, 0.5) is 5.69 Å². The second kappa shape index (κ2) is 11.4. The summed E-state index contributed by atoms with van der Waals surface area (Å²) >= 11 is 0. The van der Waals surface area contributed by atoms with Crippen molar-refractivity contribution in [2.45, 2.75) is 25.9 Å². The highest BCUT2D eigenvalue weighted by Crippen LogP contribution is 2.27. The number of rotatable bonds is 10. The van der Waals surface area contributed by atoms with Crippen molar-refractivity contribution in [3.05, 3.63) is 100 Å². The molecule has 0 fully saturated rings. The van der Waals surface area contributed by atoms with Gasteiger partial charge in [-0.3, -0.25) is 10.1 Å². The Morgan fingerprint density at radius 2 is 1.61 bits per heavy atom. The minimum atomic E-state index is -1.08. The van der Waals surface area contributed by atoms with Gasteiger partial charge in [-0.2, -0.15) is 0 Å². The molecule has 0 heterocycles. The maximum atomic E-state index is 12.3. The fourth-order valence-corrected chi connectivity index (χ4v) is 2.97. The summed E-state index contributed by atoms with van der Waals surface area (Å²) in [6.07, 6.45) is 0.443. The lowest BCUT2D eigenvalue weighted by Crippen LogP contribution is -2.28. The van der Waals surface area contributed by atoms with E-state index in [9.17, 15) is 19.7 Å². The first kappa shape index (κ1) is 23.5. The second-order valence-corrected chi connectivity index (χ2v) is 7.16. The van der Waals surface area contributed by atoms with Crippen molar-refractivity contribution in [1.29, 1.82) is 0 Å². The molecule has 1 unspecified atom stereocenters. The number of hydrogen-bond donors (Lipinski definition) is 0. The number of hydrogen-bond acceptors (Lipinski definition) is 7. The Bertz CT molecular complexity index is 1100. The van der Waals surface area contributed by atoms with Gasteiger partial charge in [-0.1, -0.05) is 42.5 Å². The molecule has 0 aliphatic carbocycles. The Hall–Kier alpha value is -4.20. The van der Waals surface area contributed by atoms with Crippen molar-refractivity contribution >= 4 is 17.6 Å². The zero-order chi connectivity index (χ0) is 23.6. The second-order valence-electron chi connectivity index (χ2n) is 7.16.